The van der Waals surface area contributed by atoms with Crippen LogP contribution < -0.4 is 10.2 Å². The van der Waals surface area contributed by atoms with Crippen molar-refractivity contribution in [2.75, 3.05) is 4.90 Å². The quantitative estimate of drug-likeness (QED) is 0.617. The first kappa shape index (κ1) is 15.8. The van der Waals surface area contributed by atoms with Gasteiger partial charge in [-0.05, 0) is 55.0 Å². The predicted molar refractivity (Wildman–Crippen MR) is 96.5 cm³/mol. The Kier molecular flexibility index (Phi) is 4.28. The van der Waals surface area contributed by atoms with Gasteiger partial charge in [0, 0.05) is 10.0 Å². The molecule has 0 saturated carbocycles. The average molecular weight is 391 g/mol. The van der Waals surface area contributed by atoms with Gasteiger partial charge in [-0.2, -0.15) is 0 Å². The zero-order valence-electron chi connectivity index (χ0n) is 12.1. The first-order valence-corrected chi connectivity index (χ1v) is 8.05. The Labute approximate surface area is 146 Å². The lowest BCUT2D eigenvalue weighted by molar-refractivity contribution is -0.113. The van der Waals surface area contributed by atoms with Crippen molar-refractivity contribution in [2.24, 2.45) is 0 Å². The molecule has 2 aromatic rings. The second-order valence-electron chi connectivity index (χ2n) is 5.08. The summed E-state index contributed by atoms with van der Waals surface area (Å²) in [4.78, 5) is 14.1. The zero-order chi connectivity index (χ0) is 16.6. The summed E-state index contributed by atoms with van der Waals surface area (Å²) in [6, 6.07) is 12.0. The number of hydrogen-bond donors (Lipinski definition) is 1. The molecule has 2 aromatic carbocycles. The molecular weight excluding hydrogens is 379 g/mol. The fourth-order valence-electron chi connectivity index (χ4n) is 2.35. The van der Waals surface area contributed by atoms with Crippen LogP contribution in [0.25, 0.3) is 6.08 Å². The Morgan fingerprint density at radius 3 is 2.74 bits per heavy atom. The van der Waals surface area contributed by atoms with E-state index in [2.05, 4.69) is 21.2 Å². The zero-order valence-corrected chi connectivity index (χ0v) is 14.5. The molecule has 0 radical (unpaired) electrons. The van der Waals surface area contributed by atoms with Gasteiger partial charge >= 0.3 is 0 Å². The van der Waals surface area contributed by atoms with Crippen molar-refractivity contribution in [1.29, 1.82) is 0 Å². The fraction of sp³-hybridized carbons (Fsp3) is 0.0588. The number of thiocarbonyl (C=S) groups is 1. The number of benzene rings is 2. The molecule has 0 unspecified atom stereocenters. The largest absolute Gasteiger partial charge is 0.327 e. The average Bonchev–Trinajstić information content (AvgIpc) is 2.78. The lowest BCUT2D eigenvalue weighted by Crippen LogP contribution is -2.30. The summed E-state index contributed by atoms with van der Waals surface area (Å²) in [7, 11) is 0. The Balaban J connectivity index is 2.00. The Morgan fingerprint density at radius 2 is 2.00 bits per heavy atom. The van der Waals surface area contributed by atoms with Gasteiger partial charge in [-0.3, -0.25) is 9.69 Å². The third-order valence-electron chi connectivity index (χ3n) is 3.49. The number of carbonyl (C=O) groups is 1. The monoisotopic (exact) mass is 390 g/mol. The molecule has 23 heavy (non-hydrogen) atoms. The normalized spacial score (nSPS) is 16.1. The van der Waals surface area contributed by atoms with Crippen LogP contribution in [0, 0.1) is 12.7 Å². The maximum Gasteiger partial charge on any atom is 0.281 e. The van der Waals surface area contributed by atoms with E-state index in [9.17, 15) is 9.18 Å². The highest BCUT2D eigenvalue weighted by Crippen LogP contribution is 2.26. The number of para-hydroxylation sites is 1. The van der Waals surface area contributed by atoms with Crippen molar-refractivity contribution >= 4 is 50.9 Å². The number of nitrogens with one attached hydrogen (secondary N) is 1. The third-order valence-corrected chi connectivity index (χ3v) is 4.27. The van der Waals surface area contributed by atoms with Gasteiger partial charge in [-0.25, -0.2) is 4.39 Å². The molecule has 1 fully saturated rings. The number of amides is 1. The van der Waals surface area contributed by atoms with Crippen LogP contribution in [0.4, 0.5) is 10.1 Å². The number of halogens is 2. The van der Waals surface area contributed by atoms with Crippen LogP contribution in [0.5, 0.6) is 0 Å². The van der Waals surface area contributed by atoms with E-state index in [-0.39, 0.29) is 16.7 Å². The molecule has 0 bridgehead atoms. The molecule has 0 spiro atoms. The molecule has 3 rings (SSSR count). The highest BCUT2D eigenvalue weighted by atomic mass is 79.9. The first-order chi connectivity index (χ1) is 11.0. The molecule has 1 saturated heterocycles. The molecular formula is C17H12BrFN2OS. The van der Waals surface area contributed by atoms with E-state index in [0.717, 1.165) is 10.0 Å². The van der Waals surface area contributed by atoms with Crippen LogP contribution in [0.2, 0.25) is 0 Å². The Morgan fingerprint density at radius 1 is 1.26 bits per heavy atom. The van der Waals surface area contributed by atoms with Crippen molar-refractivity contribution in [3.8, 4) is 0 Å². The SMILES string of the molecule is Cc1ccccc1N1C(=O)/C(=C\c2cc(Br)ccc2F)NC1=S. The number of hydrogen-bond acceptors (Lipinski definition) is 2. The minimum absolute atomic E-state index is 0.246. The molecule has 0 aromatic heterocycles. The number of aryl methyl sites for hydroxylation is 1. The molecule has 6 heteroatoms. The lowest BCUT2D eigenvalue weighted by Gasteiger charge is -2.16. The maximum absolute atomic E-state index is 13.9. The van der Waals surface area contributed by atoms with E-state index in [1.807, 2.05) is 31.2 Å². The van der Waals surface area contributed by atoms with Gasteiger partial charge in [-0.15, -0.1) is 0 Å². The van der Waals surface area contributed by atoms with E-state index in [0.29, 0.717) is 11.3 Å². The summed E-state index contributed by atoms with van der Waals surface area (Å²) in [6.07, 6.45) is 1.47. The lowest BCUT2D eigenvalue weighted by atomic mass is 10.1. The number of rotatable bonds is 2. The Hall–Kier alpha value is -2.05. The Bertz CT molecular complexity index is 850. The second-order valence-corrected chi connectivity index (χ2v) is 6.38. The van der Waals surface area contributed by atoms with Crippen LogP contribution in [-0.2, 0) is 4.79 Å². The van der Waals surface area contributed by atoms with Gasteiger partial charge in [0.1, 0.15) is 11.5 Å². The fourth-order valence-corrected chi connectivity index (χ4v) is 3.02. The van der Waals surface area contributed by atoms with Crippen LogP contribution in [0.15, 0.2) is 52.6 Å². The van der Waals surface area contributed by atoms with Crippen molar-refractivity contribution in [2.45, 2.75) is 6.92 Å². The topological polar surface area (TPSA) is 32.3 Å². The molecule has 1 aliphatic heterocycles. The summed E-state index contributed by atoms with van der Waals surface area (Å²) in [5.41, 5.74) is 2.20. The number of carbonyl (C=O) groups excluding carboxylic acids is 1. The van der Waals surface area contributed by atoms with Crippen molar-refractivity contribution in [1.82, 2.24) is 5.32 Å². The van der Waals surface area contributed by atoms with Gasteiger partial charge in [0.05, 0.1) is 5.69 Å². The van der Waals surface area contributed by atoms with E-state index < -0.39 is 5.82 Å². The minimum Gasteiger partial charge on any atom is -0.327 e. The van der Waals surface area contributed by atoms with Crippen LogP contribution in [0.1, 0.15) is 11.1 Å². The highest BCUT2D eigenvalue weighted by molar-refractivity contribution is 9.10. The second kappa shape index (κ2) is 6.22. The van der Waals surface area contributed by atoms with Gasteiger partial charge < -0.3 is 5.32 Å². The summed E-state index contributed by atoms with van der Waals surface area (Å²) >= 11 is 8.55. The van der Waals surface area contributed by atoms with E-state index in [1.54, 1.807) is 12.1 Å². The molecule has 116 valence electrons. The standard InChI is InChI=1S/C17H12BrFN2OS/c1-10-4-2-3-5-15(10)21-16(22)14(20-17(21)23)9-11-8-12(18)6-7-13(11)19/h2-9H,1H3,(H,20,23)/b14-9+. The number of nitrogens with zero attached hydrogens (tertiary/aromatic N) is 1. The molecule has 1 heterocycles. The molecule has 0 atom stereocenters. The summed E-state index contributed by atoms with van der Waals surface area (Å²) < 4.78 is 14.6. The molecule has 1 amide bonds. The van der Waals surface area contributed by atoms with Crippen LogP contribution >= 0.6 is 28.1 Å². The van der Waals surface area contributed by atoms with Gasteiger partial charge in [0.2, 0.25) is 0 Å². The van der Waals surface area contributed by atoms with E-state index in [1.165, 1.54) is 17.0 Å². The van der Waals surface area contributed by atoms with Gasteiger partial charge in [-0.1, -0.05) is 34.1 Å². The smallest absolute Gasteiger partial charge is 0.281 e. The summed E-state index contributed by atoms with van der Waals surface area (Å²) in [5.74, 6) is -0.709. The third kappa shape index (κ3) is 3.04. The molecule has 3 nitrogen and oxygen atoms in total. The first-order valence-electron chi connectivity index (χ1n) is 6.85. The molecule has 1 aliphatic rings. The summed E-state index contributed by atoms with van der Waals surface area (Å²) in [5, 5.41) is 3.14. The van der Waals surface area contributed by atoms with Crippen LogP contribution in [-0.4, -0.2) is 11.0 Å². The van der Waals surface area contributed by atoms with Crippen LogP contribution in [0.3, 0.4) is 0 Å². The predicted octanol–water partition coefficient (Wildman–Crippen LogP) is 4.16. The minimum atomic E-state index is -0.407. The van der Waals surface area contributed by atoms with Crippen molar-refractivity contribution in [3.63, 3.8) is 0 Å². The summed E-state index contributed by atoms with van der Waals surface area (Å²) in [6.45, 7) is 1.90. The van der Waals surface area contributed by atoms with E-state index >= 15 is 0 Å². The maximum atomic E-state index is 13.9. The highest BCUT2D eigenvalue weighted by Gasteiger charge is 2.32. The van der Waals surface area contributed by atoms with Gasteiger partial charge in [0.25, 0.3) is 5.91 Å². The number of anilines is 1. The van der Waals surface area contributed by atoms with Gasteiger partial charge in [0.15, 0.2) is 5.11 Å². The molecule has 0 aliphatic carbocycles. The van der Waals surface area contributed by atoms with Crippen molar-refractivity contribution < 1.29 is 9.18 Å². The van der Waals surface area contributed by atoms with E-state index in [4.69, 9.17) is 12.2 Å². The van der Waals surface area contributed by atoms with Crippen molar-refractivity contribution in [3.05, 3.63) is 69.6 Å². The molecule has 1 N–H and O–H groups in total.